The zero-order valence-electron chi connectivity index (χ0n) is 15.8. The van der Waals surface area contributed by atoms with Gasteiger partial charge in [-0.15, -0.1) is 0 Å². The molecule has 152 valence electrons. The van der Waals surface area contributed by atoms with Gasteiger partial charge in [-0.3, -0.25) is 0 Å². The Kier molecular flexibility index (Phi) is 7.80. The van der Waals surface area contributed by atoms with Crippen molar-refractivity contribution in [2.75, 3.05) is 26.4 Å². The number of rotatable bonds is 8. The Bertz CT molecular complexity index is 729. The molecule has 1 aliphatic carbocycles. The molecule has 0 spiro atoms. The van der Waals surface area contributed by atoms with Crippen molar-refractivity contribution >= 4 is 31.9 Å². The van der Waals surface area contributed by atoms with Gasteiger partial charge in [-0.05, 0) is 80.1 Å². The van der Waals surface area contributed by atoms with E-state index in [1.165, 1.54) is 30.4 Å². The van der Waals surface area contributed by atoms with Crippen LogP contribution in [0, 0.1) is 0 Å². The minimum Gasteiger partial charge on any atom is -0.490 e. The van der Waals surface area contributed by atoms with Crippen LogP contribution in [0.15, 0.2) is 45.3 Å². The van der Waals surface area contributed by atoms with Gasteiger partial charge < -0.3 is 19.7 Å². The smallest absolute Gasteiger partial charge is 0.133 e. The van der Waals surface area contributed by atoms with Crippen molar-refractivity contribution in [3.05, 3.63) is 56.5 Å². The molecule has 0 saturated heterocycles. The van der Waals surface area contributed by atoms with Gasteiger partial charge in [0.25, 0.3) is 0 Å². The van der Waals surface area contributed by atoms with Gasteiger partial charge in [0.2, 0.25) is 0 Å². The van der Waals surface area contributed by atoms with E-state index in [-0.39, 0.29) is 31.8 Å². The summed E-state index contributed by atoms with van der Waals surface area (Å²) in [5.41, 5.74) is 2.49. The van der Waals surface area contributed by atoms with E-state index in [0.717, 1.165) is 33.3 Å². The lowest BCUT2D eigenvalue weighted by atomic mass is 9.65. The molecule has 0 radical (unpaired) electrons. The van der Waals surface area contributed by atoms with Crippen molar-refractivity contribution < 1.29 is 19.7 Å². The second-order valence-electron chi connectivity index (χ2n) is 7.08. The van der Waals surface area contributed by atoms with Crippen LogP contribution in [0.1, 0.15) is 43.2 Å². The largest absolute Gasteiger partial charge is 0.490 e. The minimum absolute atomic E-state index is 0.00312. The minimum atomic E-state index is -0.0473. The Labute approximate surface area is 183 Å². The zero-order chi connectivity index (χ0) is 20.0. The highest BCUT2D eigenvalue weighted by Gasteiger charge is 2.36. The summed E-state index contributed by atoms with van der Waals surface area (Å²) >= 11 is 7.27. The molecule has 1 saturated carbocycles. The van der Waals surface area contributed by atoms with Crippen LogP contribution in [-0.4, -0.2) is 36.6 Å². The molecule has 0 aliphatic heterocycles. The molecule has 0 atom stereocenters. The number of benzene rings is 2. The van der Waals surface area contributed by atoms with Crippen LogP contribution in [0.25, 0.3) is 0 Å². The van der Waals surface area contributed by atoms with E-state index in [0.29, 0.717) is 0 Å². The maximum absolute atomic E-state index is 9.00. The quantitative estimate of drug-likeness (QED) is 0.509. The van der Waals surface area contributed by atoms with Crippen LogP contribution in [0.5, 0.6) is 11.5 Å². The lowest BCUT2D eigenvalue weighted by Gasteiger charge is -2.39. The van der Waals surface area contributed by atoms with Crippen LogP contribution in [0.3, 0.4) is 0 Å². The first-order valence-electron chi connectivity index (χ1n) is 9.68. The Morgan fingerprint density at radius 1 is 0.750 bits per heavy atom. The molecule has 0 heterocycles. The summed E-state index contributed by atoms with van der Waals surface area (Å²) < 4.78 is 13.0. The number of hydrogen-bond donors (Lipinski definition) is 2. The lowest BCUT2D eigenvalue weighted by molar-refractivity contribution is 0.200. The van der Waals surface area contributed by atoms with Gasteiger partial charge in [0.1, 0.15) is 24.7 Å². The fourth-order valence-corrected chi connectivity index (χ4v) is 5.03. The molecule has 0 bridgehead atoms. The highest BCUT2D eigenvalue weighted by atomic mass is 79.9. The van der Waals surface area contributed by atoms with Crippen LogP contribution >= 0.6 is 31.9 Å². The van der Waals surface area contributed by atoms with Gasteiger partial charge in [-0.2, -0.15) is 0 Å². The molecule has 6 heteroatoms. The van der Waals surface area contributed by atoms with Crippen molar-refractivity contribution in [1.29, 1.82) is 0 Å². The van der Waals surface area contributed by atoms with E-state index >= 15 is 0 Å². The average Bonchev–Trinajstić information content (AvgIpc) is 2.72. The maximum atomic E-state index is 9.00. The third kappa shape index (κ3) is 4.73. The normalized spacial score (nSPS) is 16.0. The zero-order valence-corrected chi connectivity index (χ0v) is 19.0. The molecule has 2 aromatic rings. The Morgan fingerprint density at radius 2 is 1.21 bits per heavy atom. The van der Waals surface area contributed by atoms with E-state index in [4.69, 9.17) is 19.7 Å². The fraction of sp³-hybridized carbons (Fsp3) is 0.455. The molecule has 28 heavy (non-hydrogen) atoms. The van der Waals surface area contributed by atoms with E-state index in [1.54, 1.807) is 0 Å². The molecule has 2 aromatic carbocycles. The second kappa shape index (κ2) is 10.1. The van der Waals surface area contributed by atoms with Crippen LogP contribution in [0.4, 0.5) is 0 Å². The van der Waals surface area contributed by atoms with E-state index in [9.17, 15) is 0 Å². The third-order valence-corrected chi connectivity index (χ3v) is 6.61. The summed E-state index contributed by atoms with van der Waals surface area (Å²) in [5.74, 6) is 1.50. The molecule has 4 nitrogen and oxygen atoms in total. The van der Waals surface area contributed by atoms with Gasteiger partial charge in [-0.25, -0.2) is 0 Å². The Hall–Kier alpha value is -1.08. The first-order chi connectivity index (χ1) is 13.6. The Balaban J connectivity index is 1.97. The number of ether oxygens (including phenoxy) is 2. The molecule has 0 aromatic heterocycles. The summed E-state index contributed by atoms with van der Waals surface area (Å²) in [6.07, 6.45) is 5.85. The monoisotopic (exact) mass is 512 g/mol. The molecule has 0 amide bonds. The predicted molar refractivity (Wildman–Crippen MR) is 117 cm³/mol. The molecule has 3 rings (SSSR count). The van der Waals surface area contributed by atoms with Gasteiger partial charge >= 0.3 is 0 Å². The maximum Gasteiger partial charge on any atom is 0.133 e. The number of hydrogen-bond acceptors (Lipinski definition) is 4. The lowest BCUT2D eigenvalue weighted by Crippen LogP contribution is -2.30. The standard InChI is InChI=1S/C22H26Br2O4/c23-18-14-16(4-6-20(18)27-12-10-25)22(8-2-1-3-9-22)17-5-7-21(19(24)15-17)28-13-11-26/h4-7,14-15,25-26H,1-3,8-13H2. The molecule has 2 N–H and O–H groups in total. The van der Waals surface area contributed by atoms with E-state index < -0.39 is 0 Å². The summed E-state index contributed by atoms with van der Waals surface area (Å²) in [6.45, 7) is 0.560. The van der Waals surface area contributed by atoms with Crippen molar-refractivity contribution in [2.24, 2.45) is 0 Å². The summed E-state index contributed by atoms with van der Waals surface area (Å²) in [6, 6.07) is 12.6. The molecule has 0 unspecified atom stereocenters. The number of halogens is 2. The summed E-state index contributed by atoms with van der Waals surface area (Å²) in [7, 11) is 0. The topological polar surface area (TPSA) is 58.9 Å². The number of aliphatic hydroxyl groups excluding tert-OH is 2. The van der Waals surface area contributed by atoms with Crippen LogP contribution in [-0.2, 0) is 5.41 Å². The van der Waals surface area contributed by atoms with Gasteiger partial charge in [-0.1, -0.05) is 31.4 Å². The number of aliphatic hydroxyl groups is 2. The van der Waals surface area contributed by atoms with Crippen LogP contribution < -0.4 is 9.47 Å². The van der Waals surface area contributed by atoms with Crippen molar-refractivity contribution in [3.8, 4) is 11.5 Å². The second-order valence-corrected chi connectivity index (χ2v) is 8.79. The third-order valence-electron chi connectivity index (χ3n) is 5.37. The fourth-order valence-electron chi connectivity index (χ4n) is 4.04. The van der Waals surface area contributed by atoms with Crippen LogP contribution in [0.2, 0.25) is 0 Å². The van der Waals surface area contributed by atoms with Gasteiger partial charge in [0.05, 0.1) is 22.2 Å². The summed E-state index contributed by atoms with van der Waals surface area (Å²) in [4.78, 5) is 0. The summed E-state index contributed by atoms with van der Waals surface area (Å²) in [5, 5.41) is 18.0. The highest BCUT2D eigenvalue weighted by Crippen LogP contribution is 2.47. The predicted octanol–water partition coefficient (Wildman–Crippen LogP) is 5.20. The Morgan fingerprint density at radius 3 is 1.61 bits per heavy atom. The SMILES string of the molecule is OCCOc1ccc(C2(c3ccc(OCCO)c(Br)c3)CCCCC2)cc1Br. The average molecular weight is 514 g/mol. The van der Waals surface area contributed by atoms with Crippen molar-refractivity contribution in [1.82, 2.24) is 0 Å². The first kappa shape index (κ1) is 21.6. The molecular weight excluding hydrogens is 488 g/mol. The highest BCUT2D eigenvalue weighted by molar-refractivity contribution is 9.10. The van der Waals surface area contributed by atoms with Gasteiger partial charge in [0, 0.05) is 5.41 Å². The first-order valence-corrected chi connectivity index (χ1v) is 11.3. The van der Waals surface area contributed by atoms with E-state index in [2.05, 4.69) is 56.1 Å². The van der Waals surface area contributed by atoms with Crippen molar-refractivity contribution in [2.45, 2.75) is 37.5 Å². The van der Waals surface area contributed by atoms with Crippen molar-refractivity contribution in [3.63, 3.8) is 0 Å². The molecule has 1 fully saturated rings. The molecular formula is C22H26Br2O4. The molecule has 1 aliphatic rings. The van der Waals surface area contributed by atoms with E-state index in [1.807, 2.05) is 12.1 Å². The van der Waals surface area contributed by atoms with Gasteiger partial charge in [0.15, 0.2) is 0 Å².